The van der Waals surface area contributed by atoms with Crippen LogP contribution in [-0.4, -0.2) is 11.1 Å². The first-order chi connectivity index (χ1) is 9.95. The summed E-state index contributed by atoms with van der Waals surface area (Å²) in [6.07, 6.45) is 2.56. The quantitative estimate of drug-likeness (QED) is 0.690. The predicted molar refractivity (Wildman–Crippen MR) is 87.3 cm³/mol. The number of hydrogen-bond donors (Lipinski definition) is 1. The van der Waals surface area contributed by atoms with Gasteiger partial charge in [0.1, 0.15) is 11.5 Å². The van der Waals surface area contributed by atoms with Crippen molar-refractivity contribution in [3.05, 3.63) is 62.6 Å². The summed E-state index contributed by atoms with van der Waals surface area (Å²) in [5, 5.41) is 9.56. The third-order valence-electron chi connectivity index (χ3n) is 2.50. The topological polar surface area (TPSA) is 46.5 Å². The molecule has 108 valence electrons. The van der Waals surface area contributed by atoms with Crippen LogP contribution in [0.2, 0.25) is 10.0 Å². The van der Waals surface area contributed by atoms with Gasteiger partial charge in [0.25, 0.3) is 0 Å². The molecule has 0 radical (unpaired) electrons. The van der Waals surface area contributed by atoms with Crippen LogP contribution in [-0.2, 0) is 4.79 Å². The fourth-order valence-corrected chi connectivity index (χ4v) is 2.49. The summed E-state index contributed by atoms with van der Waals surface area (Å²) in [6, 6.07) is 10.1. The Balaban J connectivity index is 2.22. The van der Waals surface area contributed by atoms with E-state index in [9.17, 15) is 4.79 Å². The minimum atomic E-state index is -1.00. The third-order valence-corrected chi connectivity index (χ3v) is 3.72. The zero-order valence-corrected chi connectivity index (χ0v) is 13.6. The molecular weight excluding hydrogens is 379 g/mol. The van der Waals surface area contributed by atoms with Crippen LogP contribution < -0.4 is 4.74 Å². The molecular formula is C15H9BrCl2O3. The van der Waals surface area contributed by atoms with Crippen molar-refractivity contribution >= 4 is 51.2 Å². The summed E-state index contributed by atoms with van der Waals surface area (Å²) in [7, 11) is 0. The van der Waals surface area contributed by atoms with Crippen molar-refractivity contribution in [2.24, 2.45) is 0 Å². The Bertz CT molecular complexity index is 714. The molecule has 0 aromatic heterocycles. The summed E-state index contributed by atoms with van der Waals surface area (Å²) >= 11 is 15.2. The van der Waals surface area contributed by atoms with Crippen LogP contribution in [0, 0.1) is 0 Å². The van der Waals surface area contributed by atoms with E-state index in [-0.39, 0.29) is 0 Å². The van der Waals surface area contributed by atoms with Crippen LogP contribution in [0.5, 0.6) is 11.5 Å². The molecule has 0 amide bonds. The highest BCUT2D eigenvalue weighted by Crippen LogP contribution is 2.33. The summed E-state index contributed by atoms with van der Waals surface area (Å²) < 4.78 is 6.38. The molecule has 3 nitrogen and oxygen atoms in total. The number of carboxylic acid groups (broad SMARTS) is 1. The minimum Gasteiger partial charge on any atom is -0.478 e. The van der Waals surface area contributed by atoms with Gasteiger partial charge in [-0.3, -0.25) is 0 Å². The van der Waals surface area contributed by atoms with Crippen molar-refractivity contribution in [1.82, 2.24) is 0 Å². The lowest BCUT2D eigenvalue weighted by Crippen LogP contribution is -1.88. The van der Waals surface area contributed by atoms with Gasteiger partial charge in [0.15, 0.2) is 0 Å². The Labute approximate surface area is 139 Å². The average Bonchev–Trinajstić information content (AvgIpc) is 2.41. The molecule has 0 saturated carbocycles. The van der Waals surface area contributed by atoms with Crippen molar-refractivity contribution in [3.8, 4) is 11.5 Å². The second kappa shape index (κ2) is 6.98. The van der Waals surface area contributed by atoms with Crippen LogP contribution in [0.25, 0.3) is 6.08 Å². The molecule has 0 saturated heterocycles. The van der Waals surface area contributed by atoms with Gasteiger partial charge < -0.3 is 9.84 Å². The molecule has 2 aromatic rings. The second-order valence-electron chi connectivity index (χ2n) is 4.03. The first-order valence-electron chi connectivity index (χ1n) is 5.79. The van der Waals surface area contributed by atoms with E-state index in [0.29, 0.717) is 26.0 Å². The monoisotopic (exact) mass is 386 g/mol. The number of carboxylic acids is 1. The highest BCUT2D eigenvalue weighted by molar-refractivity contribution is 9.10. The highest BCUT2D eigenvalue weighted by atomic mass is 79.9. The van der Waals surface area contributed by atoms with Crippen molar-refractivity contribution in [2.45, 2.75) is 0 Å². The SMILES string of the molecule is O=C(O)/C=C/c1ccc(Oc2ccc(Cl)cc2Cl)cc1Br. The standard InChI is InChI=1S/C15H9BrCl2O3/c16-12-8-11(4-1-9(12)2-6-15(19)20)21-14-5-3-10(17)7-13(14)18/h1-8H,(H,19,20)/b6-2+. The first-order valence-corrected chi connectivity index (χ1v) is 7.34. The Morgan fingerprint density at radius 3 is 2.57 bits per heavy atom. The van der Waals surface area contributed by atoms with Crippen molar-refractivity contribution in [1.29, 1.82) is 0 Å². The molecule has 0 atom stereocenters. The van der Waals surface area contributed by atoms with Crippen molar-refractivity contribution in [2.75, 3.05) is 0 Å². The highest BCUT2D eigenvalue weighted by Gasteiger charge is 2.06. The maximum atomic E-state index is 10.5. The molecule has 2 aromatic carbocycles. The molecule has 0 aliphatic heterocycles. The zero-order valence-electron chi connectivity index (χ0n) is 10.5. The van der Waals surface area contributed by atoms with Gasteiger partial charge in [0.2, 0.25) is 0 Å². The number of carbonyl (C=O) groups is 1. The summed E-state index contributed by atoms with van der Waals surface area (Å²) in [6.45, 7) is 0. The Kier molecular flexibility index (Phi) is 5.28. The number of aliphatic carboxylic acids is 1. The van der Waals surface area contributed by atoms with Gasteiger partial charge in [-0.05, 0) is 42.0 Å². The lowest BCUT2D eigenvalue weighted by Gasteiger charge is -2.09. The molecule has 6 heteroatoms. The zero-order chi connectivity index (χ0) is 15.4. The summed E-state index contributed by atoms with van der Waals surface area (Å²) in [4.78, 5) is 10.5. The van der Waals surface area contributed by atoms with Crippen LogP contribution >= 0.6 is 39.1 Å². The van der Waals surface area contributed by atoms with Crippen LogP contribution in [0.1, 0.15) is 5.56 Å². The van der Waals surface area contributed by atoms with E-state index in [2.05, 4.69) is 15.9 Å². The summed E-state index contributed by atoms with van der Waals surface area (Å²) in [5.74, 6) is 0.0514. The van der Waals surface area contributed by atoms with Gasteiger partial charge in [-0.15, -0.1) is 0 Å². The second-order valence-corrected chi connectivity index (χ2v) is 5.73. The van der Waals surface area contributed by atoms with E-state index >= 15 is 0 Å². The van der Waals surface area contributed by atoms with Gasteiger partial charge >= 0.3 is 5.97 Å². The molecule has 2 rings (SSSR count). The Morgan fingerprint density at radius 2 is 1.95 bits per heavy atom. The molecule has 1 N–H and O–H groups in total. The average molecular weight is 388 g/mol. The van der Waals surface area contributed by atoms with Crippen LogP contribution in [0.4, 0.5) is 0 Å². The molecule has 0 spiro atoms. The van der Waals surface area contributed by atoms with E-state index < -0.39 is 5.97 Å². The smallest absolute Gasteiger partial charge is 0.328 e. The van der Waals surface area contributed by atoms with Crippen LogP contribution in [0.3, 0.4) is 0 Å². The predicted octanol–water partition coefficient (Wildman–Crippen LogP) is 5.65. The minimum absolute atomic E-state index is 0.411. The van der Waals surface area contributed by atoms with E-state index in [1.807, 2.05) is 0 Å². The Hall–Kier alpha value is -1.49. The van der Waals surface area contributed by atoms with Crippen LogP contribution in [0.15, 0.2) is 46.9 Å². The number of hydrogen-bond acceptors (Lipinski definition) is 2. The summed E-state index contributed by atoms with van der Waals surface area (Å²) in [5.41, 5.74) is 0.729. The fourth-order valence-electron chi connectivity index (χ4n) is 1.55. The molecule has 0 fully saturated rings. The van der Waals surface area contributed by atoms with Gasteiger partial charge in [-0.1, -0.05) is 45.2 Å². The number of rotatable bonds is 4. The molecule has 0 aliphatic rings. The lowest BCUT2D eigenvalue weighted by molar-refractivity contribution is -0.131. The van der Waals surface area contributed by atoms with E-state index in [1.165, 1.54) is 6.08 Å². The fraction of sp³-hybridized carbons (Fsp3) is 0. The van der Waals surface area contributed by atoms with E-state index in [4.69, 9.17) is 33.0 Å². The first kappa shape index (κ1) is 15.9. The maximum Gasteiger partial charge on any atom is 0.328 e. The number of halogens is 3. The van der Waals surface area contributed by atoms with Gasteiger partial charge in [-0.25, -0.2) is 4.79 Å². The Morgan fingerprint density at radius 1 is 1.19 bits per heavy atom. The molecule has 0 unspecified atom stereocenters. The number of benzene rings is 2. The van der Waals surface area contributed by atoms with Crippen molar-refractivity contribution in [3.63, 3.8) is 0 Å². The maximum absolute atomic E-state index is 10.5. The largest absolute Gasteiger partial charge is 0.478 e. The van der Waals surface area contributed by atoms with Gasteiger partial charge in [0, 0.05) is 15.6 Å². The van der Waals surface area contributed by atoms with Crippen molar-refractivity contribution < 1.29 is 14.6 Å². The van der Waals surface area contributed by atoms with E-state index in [0.717, 1.165) is 11.6 Å². The third kappa shape index (κ3) is 4.49. The van der Waals surface area contributed by atoms with Gasteiger partial charge in [0.05, 0.1) is 5.02 Å². The molecule has 0 bridgehead atoms. The van der Waals surface area contributed by atoms with Gasteiger partial charge in [-0.2, -0.15) is 0 Å². The lowest BCUT2D eigenvalue weighted by atomic mass is 10.2. The van der Waals surface area contributed by atoms with E-state index in [1.54, 1.807) is 36.4 Å². The molecule has 21 heavy (non-hydrogen) atoms. The number of ether oxygens (including phenoxy) is 1. The normalized spacial score (nSPS) is 10.8. The molecule has 0 heterocycles. The molecule has 0 aliphatic carbocycles.